The monoisotopic (exact) mass is 660 g/mol. The third-order valence-corrected chi connectivity index (χ3v) is 8.69. The Morgan fingerprint density at radius 3 is 1.37 bits per heavy atom. The fraction of sp³-hybridized carbons (Fsp3) is 0.294. The second kappa shape index (κ2) is 13.8. The molecule has 2 aliphatic carbocycles. The van der Waals surface area contributed by atoms with Crippen molar-refractivity contribution in [1.29, 1.82) is 0 Å². The van der Waals surface area contributed by atoms with Gasteiger partial charge in [0.1, 0.15) is 11.4 Å². The maximum Gasteiger partial charge on any atom is 0.265 e. The molecule has 10 nitrogen and oxygen atoms in total. The first-order valence-corrected chi connectivity index (χ1v) is 15.8. The summed E-state index contributed by atoms with van der Waals surface area (Å²) in [4.78, 5) is 27.4. The Labute approximate surface area is 277 Å². The summed E-state index contributed by atoms with van der Waals surface area (Å²) < 4.78 is 3.75. The molecule has 0 spiro atoms. The number of aromatic amines is 2. The first-order valence-electron chi connectivity index (χ1n) is 15.0. The molecule has 2 fully saturated rings. The second-order valence-electron chi connectivity index (χ2n) is 12.1. The topological polar surface area (TPSA) is 153 Å². The average molecular weight is 662 g/mol. The van der Waals surface area contributed by atoms with Crippen molar-refractivity contribution in [2.75, 3.05) is 0 Å². The largest absolute Gasteiger partial charge is 0.364 e. The number of aryl methyl sites for hydroxylation is 2. The third kappa shape index (κ3) is 8.38. The molecule has 0 saturated heterocycles. The molecule has 8 rings (SSSR count). The van der Waals surface area contributed by atoms with Gasteiger partial charge in [0.2, 0.25) is 0 Å². The van der Waals surface area contributed by atoms with Crippen LogP contribution < -0.4 is 11.5 Å². The maximum absolute atomic E-state index is 10.8. The van der Waals surface area contributed by atoms with Crippen molar-refractivity contribution < 1.29 is 9.59 Å². The Balaban J connectivity index is 0.000000122. The highest BCUT2D eigenvalue weighted by molar-refractivity contribution is 6.31. The number of nitrogens with zero attached hydrogens (tertiary/aromatic N) is 4. The van der Waals surface area contributed by atoms with Crippen LogP contribution in [-0.4, -0.2) is 41.3 Å². The Morgan fingerprint density at radius 2 is 1.09 bits per heavy atom. The number of primary amides is 2. The number of aromatic nitrogens is 6. The first-order chi connectivity index (χ1) is 21.9. The highest BCUT2D eigenvalue weighted by Gasteiger charge is 2.35. The number of carbonyl (C=O) groups excluding carboxylic acids is 2. The minimum atomic E-state index is -0.465. The van der Waals surface area contributed by atoms with Gasteiger partial charge in [-0.25, -0.2) is 0 Å². The number of nitrogens with one attached hydrogen (secondary N) is 2. The molecule has 0 bridgehead atoms. The number of amides is 2. The van der Waals surface area contributed by atoms with Gasteiger partial charge in [0.25, 0.3) is 11.8 Å². The van der Waals surface area contributed by atoms with Crippen LogP contribution in [0.25, 0.3) is 21.8 Å². The average Bonchev–Trinajstić information content (AvgIpc) is 3.54. The molecular weight excluding hydrogens is 623 g/mol. The highest BCUT2D eigenvalue weighted by atomic mass is 35.5. The number of rotatable bonds is 4. The highest BCUT2D eigenvalue weighted by Crippen LogP contribution is 2.47. The number of fused-ring (bicyclic) bond motifs is 2. The van der Waals surface area contributed by atoms with Crippen LogP contribution >= 0.6 is 23.2 Å². The zero-order chi connectivity index (χ0) is 33.1. The van der Waals surface area contributed by atoms with Gasteiger partial charge in [-0.15, -0.1) is 0 Å². The minimum Gasteiger partial charge on any atom is -0.364 e. The van der Waals surface area contributed by atoms with Crippen LogP contribution in [0.1, 0.15) is 70.6 Å². The van der Waals surface area contributed by atoms with Crippen LogP contribution in [0.15, 0.2) is 73.3 Å². The Morgan fingerprint density at radius 1 is 0.717 bits per heavy atom. The second-order valence-corrected chi connectivity index (χ2v) is 13.0. The van der Waals surface area contributed by atoms with Crippen LogP contribution in [0, 0.1) is 11.8 Å². The van der Waals surface area contributed by atoms with Crippen LogP contribution in [0.2, 0.25) is 10.0 Å². The number of nitrogens with two attached hydrogens (primary N) is 2. The normalized spacial score (nSPS) is 19.3. The molecule has 0 radical (unpaired) electrons. The fourth-order valence-corrected chi connectivity index (χ4v) is 5.67. The predicted octanol–water partition coefficient (Wildman–Crippen LogP) is 6.93. The summed E-state index contributed by atoms with van der Waals surface area (Å²) in [6.45, 7) is 4.58. The summed E-state index contributed by atoms with van der Waals surface area (Å²) >= 11 is 11.6. The molecule has 46 heavy (non-hydrogen) atoms. The van der Waals surface area contributed by atoms with Crippen molar-refractivity contribution >= 4 is 56.8 Å². The van der Waals surface area contributed by atoms with E-state index in [-0.39, 0.29) is 0 Å². The zero-order valence-corrected chi connectivity index (χ0v) is 27.7. The molecule has 2 amide bonds. The lowest BCUT2D eigenvalue weighted by Crippen LogP contribution is -2.10. The van der Waals surface area contributed by atoms with E-state index in [1.807, 2.05) is 48.0 Å². The predicted molar refractivity (Wildman–Crippen MR) is 183 cm³/mol. The number of benzene rings is 2. The van der Waals surface area contributed by atoms with E-state index in [0.29, 0.717) is 21.4 Å². The van der Waals surface area contributed by atoms with Crippen LogP contribution in [0.3, 0.4) is 0 Å². The van der Waals surface area contributed by atoms with E-state index in [1.54, 1.807) is 36.4 Å². The number of hydrogen-bond donors (Lipinski definition) is 4. The standard InChI is InChI=1S/2C9H7ClN2O.2C8H12N2/c2*10-6-1-2-7-5(3-6)4-8(12-7)9(11)13;2*1-6-3-8(6)7-4-9-10(2)5-7/h2*1-4,12H,(H2,11,13);2*4-6,8H,3H2,1-2H3/t;;2*6-,8+/m..10/s1. The van der Waals surface area contributed by atoms with Crippen molar-refractivity contribution in [1.82, 2.24) is 29.5 Å². The zero-order valence-electron chi connectivity index (χ0n) is 26.2. The SMILES string of the molecule is C[C@@H]1C[C@@H]1c1cnn(C)c1.C[C@H]1C[C@H]1c1cnn(C)c1.NC(=O)c1cc2cc(Cl)ccc2[nH]1.NC(=O)c1cc2cc(Cl)ccc2[nH]1. The summed E-state index contributed by atoms with van der Waals surface area (Å²) in [5.74, 6) is 2.48. The number of carbonyl (C=O) groups is 2. The smallest absolute Gasteiger partial charge is 0.265 e. The van der Waals surface area contributed by atoms with E-state index >= 15 is 0 Å². The lowest BCUT2D eigenvalue weighted by atomic mass is 10.2. The summed E-state index contributed by atoms with van der Waals surface area (Å²) in [7, 11) is 3.94. The molecule has 12 heteroatoms. The molecule has 240 valence electrons. The Hall–Kier alpha value is -4.54. The lowest BCUT2D eigenvalue weighted by molar-refractivity contribution is 0.0988. The van der Waals surface area contributed by atoms with Gasteiger partial charge in [0.05, 0.1) is 12.4 Å². The summed E-state index contributed by atoms with van der Waals surface area (Å²) in [6, 6.07) is 14.1. The molecule has 4 aromatic heterocycles. The molecule has 6 N–H and O–H groups in total. The number of halogens is 2. The molecule has 0 aliphatic heterocycles. The van der Waals surface area contributed by atoms with Gasteiger partial charge in [-0.2, -0.15) is 10.2 Å². The van der Waals surface area contributed by atoms with Crippen molar-refractivity contribution in [3.05, 3.63) is 106 Å². The first kappa shape index (κ1) is 32.8. The van der Waals surface area contributed by atoms with Crippen molar-refractivity contribution in [3.63, 3.8) is 0 Å². The van der Waals surface area contributed by atoms with Crippen molar-refractivity contribution in [2.45, 2.75) is 38.5 Å². The molecule has 4 heterocycles. The van der Waals surface area contributed by atoms with Crippen LogP contribution in [-0.2, 0) is 14.1 Å². The lowest BCUT2D eigenvalue weighted by Gasteiger charge is -1.88. The maximum atomic E-state index is 10.8. The van der Waals surface area contributed by atoms with Crippen LogP contribution in [0.4, 0.5) is 0 Å². The molecule has 2 aliphatic rings. The summed E-state index contributed by atoms with van der Waals surface area (Å²) in [5, 5.41) is 11.3. The Kier molecular flexibility index (Phi) is 9.88. The van der Waals surface area contributed by atoms with E-state index in [1.165, 1.54) is 24.0 Å². The van der Waals surface area contributed by atoms with Crippen molar-refractivity contribution in [2.24, 2.45) is 37.4 Å². The summed E-state index contributed by atoms with van der Waals surface area (Å²) in [6.07, 6.45) is 10.9. The van der Waals surface area contributed by atoms with Crippen molar-refractivity contribution in [3.8, 4) is 0 Å². The van der Waals surface area contributed by atoms with Crippen LogP contribution in [0.5, 0.6) is 0 Å². The van der Waals surface area contributed by atoms with Gasteiger partial charge in [-0.1, -0.05) is 37.0 Å². The van der Waals surface area contributed by atoms with Gasteiger partial charge in [0, 0.05) is 58.3 Å². The van der Waals surface area contributed by atoms with Gasteiger partial charge in [0.15, 0.2) is 0 Å². The Bertz CT molecular complexity index is 1840. The van der Waals surface area contributed by atoms with Gasteiger partial charge < -0.3 is 21.4 Å². The molecular formula is C34H38Cl2N8O2. The van der Waals surface area contributed by atoms with Gasteiger partial charge in [-0.3, -0.25) is 19.0 Å². The van der Waals surface area contributed by atoms with E-state index in [4.69, 9.17) is 34.7 Å². The molecule has 4 atom stereocenters. The van der Waals surface area contributed by atoms with E-state index in [0.717, 1.165) is 45.5 Å². The minimum absolute atomic E-state index is 0.400. The fourth-order valence-electron chi connectivity index (χ4n) is 5.31. The van der Waals surface area contributed by atoms with E-state index < -0.39 is 11.8 Å². The number of hydrogen-bond acceptors (Lipinski definition) is 4. The van der Waals surface area contributed by atoms with E-state index in [2.05, 4.69) is 46.4 Å². The molecule has 2 aromatic carbocycles. The van der Waals surface area contributed by atoms with Gasteiger partial charge in [-0.05, 0) is 96.2 Å². The summed E-state index contributed by atoms with van der Waals surface area (Å²) in [5.41, 5.74) is 15.6. The molecule has 0 unspecified atom stereocenters. The quantitative estimate of drug-likeness (QED) is 0.162. The third-order valence-electron chi connectivity index (χ3n) is 8.22. The molecule has 6 aromatic rings. The molecule has 2 saturated carbocycles. The van der Waals surface area contributed by atoms with Gasteiger partial charge >= 0.3 is 0 Å². The van der Waals surface area contributed by atoms with E-state index in [9.17, 15) is 9.59 Å². The number of H-pyrrole nitrogens is 2.